The molecule has 0 aliphatic rings. The molecule has 0 fully saturated rings. The number of carbonyl (C=O) groups is 1. The van der Waals surface area contributed by atoms with E-state index >= 15 is 0 Å². The van der Waals surface area contributed by atoms with Crippen LogP contribution in [0.5, 0.6) is 0 Å². The minimum Gasteiger partial charge on any atom is -0.333 e. The van der Waals surface area contributed by atoms with Gasteiger partial charge in [-0.25, -0.2) is 0 Å². The van der Waals surface area contributed by atoms with E-state index in [4.69, 9.17) is 0 Å². The van der Waals surface area contributed by atoms with Crippen molar-refractivity contribution in [3.63, 3.8) is 0 Å². The maximum atomic E-state index is 10.1. The molecule has 1 rings (SSSR count). The maximum Gasteiger partial charge on any atom is 0.150 e. The van der Waals surface area contributed by atoms with E-state index in [1.165, 1.54) is 38.5 Å². The summed E-state index contributed by atoms with van der Waals surface area (Å²) in [6, 6.07) is 8.22. The number of benzene rings is 1. The Kier molecular flexibility index (Phi) is 16.0. The summed E-state index contributed by atoms with van der Waals surface area (Å²) in [6.45, 7) is 13.5. The van der Waals surface area contributed by atoms with Crippen molar-refractivity contribution in [3.05, 3.63) is 35.4 Å². The van der Waals surface area contributed by atoms with Crippen molar-refractivity contribution in [2.45, 2.75) is 53.5 Å². The topological polar surface area (TPSA) is 46.3 Å². The summed E-state index contributed by atoms with van der Waals surface area (Å²) in [4.78, 5) is 12.6. The Balaban J connectivity index is 0. The molecule has 0 heterocycles. The third-order valence-corrected chi connectivity index (χ3v) is 3.34. The number of aldehydes is 1. The Labute approximate surface area is 131 Å². The molecule has 3 heteroatoms. The van der Waals surface area contributed by atoms with Gasteiger partial charge in [-0.2, -0.15) is 0 Å². The fourth-order valence-electron chi connectivity index (χ4n) is 1.88. The van der Waals surface area contributed by atoms with Crippen molar-refractivity contribution in [1.82, 2.24) is 4.90 Å². The van der Waals surface area contributed by atoms with Gasteiger partial charge in [-0.05, 0) is 46.8 Å². The lowest BCUT2D eigenvalue weighted by Gasteiger charge is -2.26. The van der Waals surface area contributed by atoms with Crippen LogP contribution in [0.1, 0.15) is 56.5 Å². The Hall–Kier alpha value is -1.19. The van der Waals surface area contributed by atoms with E-state index in [-0.39, 0.29) is 0 Å². The highest BCUT2D eigenvalue weighted by molar-refractivity contribution is 5.74. The molecule has 1 unspecified atom stereocenters. The van der Waals surface area contributed by atoms with Crippen LogP contribution in [0.25, 0.3) is 0 Å². The molecule has 0 aromatic heterocycles. The zero-order valence-electron chi connectivity index (χ0n) is 14.7. The number of nitrogens with two attached hydrogens (primary N) is 1. The van der Waals surface area contributed by atoms with Crippen LogP contribution in [0.15, 0.2) is 24.3 Å². The molecule has 0 saturated carbocycles. The number of hydrogen-bond donors (Lipinski definition) is 1. The molecule has 122 valence electrons. The lowest BCUT2D eigenvalue weighted by molar-refractivity contribution is 0.112. The molecule has 0 aliphatic carbocycles. The van der Waals surface area contributed by atoms with Gasteiger partial charge in [0.25, 0.3) is 0 Å². The molecule has 1 aromatic rings. The van der Waals surface area contributed by atoms with Crippen LogP contribution < -0.4 is 5.73 Å². The summed E-state index contributed by atoms with van der Waals surface area (Å²) < 4.78 is 0. The summed E-state index contributed by atoms with van der Waals surface area (Å²) in [6.07, 6.45) is 3.39. The van der Waals surface area contributed by atoms with Crippen LogP contribution in [0.4, 0.5) is 0 Å². The monoisotopic (exact) mass is 294 g/mol. The standard InChI is InChI=1S/C9H21N.C8H8O.CH5N/c1-5-8-10(7-3)9(4)6-2;1-7-2-4-8(6-9)5-3-7;1-2/h9H,5-8H2,1-4H3;2-6H,1H3;2H2,1H3. The Morgan fingerprint density at radius 1 is 1.14 bits per heavy atom. The fourth-order valence-corrected chi connectivity index (χ4v) is 1.88. The molecular weight excluding hydrogens is 260 g/mol. The van der Waals surface area contributed by atoms with Crippen LogP contribution in [0.3, 0.4) is 0 Å². The molecule has 21 heavy (non-hydrogen) atoms. The normalized spacial score (nSPS) is 10.9. The van der Waals surface area contributed by atoms with Gasteiger partial charge in [0.2, 0.25) is 0 Å². The van der Waals surface area contributed by atoms with Crippen molar-refractivity contribution >= 4 is 6.29 Å². The molecule has 0 spiro atoms. The highest BCUT2D eigenvalue weighted by atomic mass is 16.1. The average molecular weight is 294 g/mol. The van der Waals surface area contributed by atoms with E-state index in [0.717, 1.165) is 17.9 Å². The van der Waals surface area contributed by atoms with Crippen LogP contribution in [0.2, 0.25) is 0 Å². The first-order valence-electron chi connectivity index (χ1n) is 7.92. The predicted molar refractivity (Wildman–Crippen MR) is 94.0 cm³/mol. The molecular formula is C18H34N2O. The molecule has 0 saturated heterocycles. The van der Waals surface area contributed by atoms with Gasteiger partial charge >= 0.3 is 0 Å². The highest BCUT2D eigenvalue weighted by Crippen LogP contribution is 2.02. The van der Waals surface area contributed by atoms with Crippen molar-refractivity contribution in [2.24, 2.45) is 5.73 Å². The van der Waals surface area contributed by atoms with Gasteiger partial charge < -0.3 is 10.6 Å². The molecule has 1 aromatic carbocycles. The van der Waals surface area contributed by atoms with Crippen LogP contribution >= 0.6 is 0 Å². The van der Waals surface area contributed by atoms with Gasteiger partial charge in [0.1, 0.15) is 6.29 Å². The summed E-state index contributed by atoms with van der Waals surface area (Å²) in [5.41, 5.74) is 6.42. The fraction of sp³-hybridized carbons (Fsp3) is 0.611. The molecule has 2 N–H and O–H groups in total. The number of nitrogens with zero attached hydrogens (tertiary/aromatic N) is 1. The number of hydrogen-bond acceptors (Lipinski definition) is 3. The number of rotatable bonds is 6. The molecule has 1 atom stereocenters. The lowest BCUT2D eigenvalue weighted by atomic mass is 10.2. The molecule has 0 amide bonds. The molecule has 0 aliphatic heterocycles. The van der Waals surface area contributed by atoms with Crippen LogP contribution in [-0.2, 0) is 0 Å². The highest BCUT2D eigenvalue weighted by Gasteiger charge is 2.06. The zero-order valence-corrected chi connectivity index (χ0v) is 14.7. The van der Waals surface area contributed by atoms with Gasteiger partial charge in [0.05, 0.1) is 0 Å². The Morgan fingerprint density at radius 2 is 1.67 bits per heavy atom. The van der Waals surface area contributed by atoms with E-state index in [2.05, 4.69) is 38.3 Å². The molecule has 3 nitrogen and oxygen atoms in total. The predicted octanol–water partition coefficient (Wildman–Crippen LogP) is 3.90. The first-order valence-corrected chi connectivity index (χ1v) is 7.92. The Bertz CT molecular complexity index is 336. The second kappa shape index (κ2) is 15.2. The van der Waals surface area contributed by atoms with Crippen molar-refractivity contribution in [1.29, 1.82) is 0 Å². The first-order chi connectivity index (χ1) is 10.1. The summed E-state index contributed by atoms with van der Waals surface area (Å²) in [7, 11) is 1.50. The first kappa shape index (κ1) is 22.1. The van der Waals surface area contributed by atoms with Crippen molar-refractivity contribution in [2.75, 3.05) is 20.1 Å². The van der Waals surface area contributed by atoms with Gasteiger partial charge in [0.15, 0.2) is 0 Å². The summed E-state index contributed by atoms with van der Waals surface area (Å²) in [5.74, 6) is 0. The maximum absolute atomic E-state index is 10.1. The minimum atomic E-state index is 0.737. The lowest BCUT2D eigenvalue weighted by Crippen LogP contribution is -2.32. The van der Waals surface area contributed by atoms with Crippen molar-refractivity contribution < 1.29 is 4.79 Å². The van der Waals surface area contributed by atoms with Crippen LogP contribution in [-0.4, -0.2) is 37.4 Å². The number of aryl methyl sites for hydroxylation is 1. The third-order valence-electron chi connectivity index (χ3n) is 3.34. The van der Waals surface area contributed by atoms with E-state index < -0.39 is 0 Å². The SMILES string of the molecule is CCCN(CC)C(C)CC.CN.Cc1ccc(C=O)cc1. The van der Waals surface area contributed by atoms with E-state index in [9.17, 15) is 4.79 Å². The average Bonchev–Trinajstić information content (AvgIpc) is 2.55. The van der Waals surface area contributed by atoms with Gasteiger partial charge in [-0.3, -0.25) is 4.79 Å². The molecule has 0 radical (unpaired) electrons. The zero-order chi connectivity index (χ0) is 16.7. The second-order valence-electron chi connectivity index (χ2n) is 4.91. The molecule has 0 bridgehead atoms. The third kappa shape index (κ3) is 11.2. The van der Waals surface area contributed by atoms with E-state index in [1.54, 1.807) is 0 Å². The minimum absolute atomic E-state index is 0.737. The smallest absolute Gasteiger partial charge is 0.150 e. The largest absolute Gasteiger partial charge is 0.333 e. The van der Waals surface area contributed by atoms with Gasteiger partial charge in [0, 0.05) is 11.6 Å². The van der Waals surface area contributed by atoms with E-state index in [1.807, 2.05) is 31.2 Å². The van der Waals surface area contributed by atoms with Gasteiger partial charge in [-0.15, -0.1) is 0 Å². The van der Waals surface area contributed by atoms with E-state index in [0.29, 0.717) is 0 Å². The van der Waals surface area contributed by atoms with Crippen molar-refractivity contribution in [3.8, 4) is 0 Å². The Morgan fingerprint density at radius 3 is 2.00 bits per heavy atom. The second-order valence-corrected chi connectivity index (χ2v) is 4.91. The quantitative estimate of drug-likeness (QED) is 0.809. The number of carbonyl (C=O) groups excluding carboxylic acids is 1. The van der Waals surface area contributed by atoms with Crippen LogP contribution in [0, 0.1) is 6.92 Å². The van der Waals surface area contributed by atoms with Gasteiger partial charge in [-0.1, -0.05) is 50.6 Å². The summed E-state index contributed by atoms with van der Waals surface area (Å²) in [5, 5.41) is 0. The summed E-state index contributed by atoms with van der Waals surface area (Å²) >= 11 is 0.